The van der Waals surface area contributed by atoms with Crippen LogP contribution in [0.4, 0.5) is 5.69 Å². The van der Waals surface area contributed by atoms with Gasteiger partial charge >= 0.3 is 0 Å². The van der Waals surface area contributed by atoms with E-state index in [0.29, 0.717) is 17.2 Å². The van der Waals surface area contributed by atoms with Crippen molar-refractivity contribution in [3.05, 3.63) is 90.7 Å². The summed E-state index contributed by atoms with van der Waals surface area (Å²) in [5.41, 5.74) is 3.18. The molecule has 2 heterocycles. The molecule has 2 aromatic carbocycles. The van der Waals surface area contributed by atoms with E-state index in [-0.39, 0.29) is 5.91 Å². The van der Waals surface area contributed by atoms with Crippen molar-refractivity contribution < 1.29 is 9.21 Å². The molecular formula is C21H17N3O2. The number of rotatable bonds is 4. The summed E-state index contributed by atoms with van der Waals surface area (Å²) >= 11 is 0. The van der Waals surface area contributed by atoms with Gasteiger partial charge in [0, 0.05) is 41.8 Å². The summed E-state index contributed by atoms with van der Waals surface area (Å²) in [6.07, 6.45) is 5.58. The number of hydrogen-bond acceptors (Lipinski definition) is 3. The lowest BCUT2D eigenvalue weighted by molar-refractivity contribution is 0.102. The number of aryl methyl sites for hydroxylation is 1. The maximum atomic E-state index is 12.5. The van der Waals surface area contributed by atoms with Gasteiger partial charge in [0.2, 0.25) is 0 Å². The Morgan fingerprint density at radius 2 is 1.81 bits per heavy atom. The summed E-state index contributed by atoms with van der Waals surface area (Å²) in [5, 5.41) is 2.92. The monoisotopic (exact) mass is 343 g/mol. The van der Waals surface area contributed by atoms with Gasteiger partial charge in [-0.2, -0.15) is 0 Å². The minimum atomic E-state index is -0.151. The van der Waals surface area contributed by atoms with Crippen LogP contribution in [0.3, 0.4) is 0 Å². The zero-order valence-corrected chi connectivity index (χ0v) is 14.2. The van der Waals surface area contributed by atoms with Crippen molar-refractivity contribution in [1.29, 1.82) is 0 Å². The number of oxazole rings is 1. The molecule has 0 aliphatic carbocycles. The largest absolute Gasteiger partial charge is 0.441 e. The lowest BCUT2D eigenvalue weighted by Crippen LogP contribution is -2.12. The number of amides is 1. The topological polar surface area (TPSA) is 60.1 Å². The zero-order valence-electron chi connectivity index (χ0n) is 14.2. The molecule has 1 N–H and O–H groups in total. The number of carbonyl (C=O) groups is 1. The third kappa shape index (κ3) is 3.28. The molecule has 4 rings (SSSR count). The molecule has 0 atom stereocenters. The van der Waals surface area contributed by atoms with Crippen molar-refractivity contribution in [2.45, 2.75) is 6.92 Å². The van der Waals surface area contributed by atoms with Gasteiger partial charge in [-0.15, -0.1) is 0 Å². The zero-order chi connectivity index (χ0) is 17.9. The average Bonchev–Trinajstić information content (AvgIpc) is 3.34. The molecule has 0 fully saturated rings. The van der Waals surface area contributed by atoms with Crippen LogP contribution in [-0.4, -0.2) is 15.5 Å². The molecule has 1 amide bonds. The molecule has 5 heteroatoms. The lowest BCUT2D eigenvalue weighted by Gasteiger charge is -2.08. The predicted octanol–water partition coefficient (Wildman–Crippen LogP) is 4.69. The fourth-order valence-electron chi connectivity index (χ4n) is 2.73. The Morgan fingerprint density at radius 3 is 2.50 bits per heavy atom. The summed E-state index contributed by atoms with van der Waals surface area (Å²) in [6.45, 7) is 1.81. The predicted molar refractivity (Wildman–Crippen MR) is 100 cm³/mol. The third-order valence-corrected chi connectivity index (χ3v) is 4.06. The van der Waals surface area contributed by atoms with Gasteiger partial charge in [-0.1, -0.05) is 6.07 Å². The summed E-state index contributed by atoms with van der Waals surface area (Å²) in [7, 11) is 0. The molecule has 2 aromatic heterocycles. The first kappa shape index (κ1) is 15.9. The smallest absolute Gasteiger partial charge is 0.255 e. The van der Waals surface area contributed by atoms with E-state index in [0.717, 1.165) is 16.9 Å². The molecule has 128 valence electrons. The van der Waals surface area contributed by atoms with Crippen molar-refractivity contribution in [3.63, 3.8) is 0 Å². The highest BCUT2D eigenvalue weighted by molar-refractivity contribution is 6.04. The third-order valence-electron chi connectivity index (χ3n) is 4.06. The number of anilines is 1. The molecule has 4 aromatic rings. The number of nitrogens with one attached hydrogen (secondary N) is 1. The molecule has 0 saturated heterocycles. The van der Waals surface area contributed by atoms with Gasteiger partial charge in [-0.3, -0.25) is 4.79 Å². The maximum absolute atomic E-state index is 12.5. The van der Waals surface area contributed by atoms with Crippen LogP contribution in [0.15, 0.2) is 83.7 Å². The normalized spacial score (nSPS) is 10.7. The van der Waals surface area contributed by atoms with Gasteiger partial charge in [-0.25, -0.2) is 4.98 Å². The van der Waals surface area contributed by atoms with Gasteiger partial charge in [0.1, 0.15) is 0 Å². The van der Waals surface area contributed by atoms with Crippen molar-refractivity contribution in [2.24, 2.45) is 0 Å². The Morgan fingerprint density at radius 1 is 1.04 bits per heavy atom. The van der Waals surface area contributed by atoms with E-state index in [1.807, 2.05) is 71.6 Å². The van der Waals surface area contributed by atoms with E-state index in [1.54, 1.807) is 19.2 Å². The average molecular weight is 343 g/mol. The van der Waals surface area contributed by atoms with Crippen LogP contribution >= 0.6 is 0 Å². The highest BCUT2D eigenvalue weighted by Crippen LogP contribution is 2.22. The summed E-state index contributed by atoms with van der Waals surface area (Å²) in [4.78, 5) is 16.6. The van der Waals surface area contributed by atoms with Crippen LogP contribution in [0.25, 0.3) is 17.0 Å². The van der Waals surface area contributed by atoms with E-state index >= 15 is 0 Å². The van der Waals surface area contributed by atoms with Crippen molar-refractivity contribution in [1.82, 2.24) is 9.55 Å². The van der Waals surface area contributed by atoms with E-state index in [4.69, 9.17) is 4.42 Å². The Labute approximate surface area is 150 Å². The highest BCUT2D eigenvalue weighted by atomic mass is 16.4. The SMILES string of the molecule is Cc1ncc(-c2ccc(NC(=O)c3cccc(-n4cccc4)c3)cc2)o1. The van der Waals surface area contributed by atoms with Gasteiger partial charge in [0.25, 0.3) is 5.91 Å². The molecular weight excluding hydrogens is 326 g/mol. The van der Waals surface area contributed by atoms with Crippen LogP contribution in [0.2, 0.25) is 0 Å². The van der Waals surface area contributed by atoms with E-state index in [9.17, 15) is 4.79 Å². The first-order valence-corrected chi connectivity index (χ1v) is 8.27. The van der Waals surface area contributed by atoms with Crippen LogP contribution in [0.1, 0.15) is 16.2 Å². The molecule has 0 saturated carbocycles. The summed E-state index contributed by atoms with van der Waals surface area (Å²) < 4.78 is 7.47. The standard InChI is InChI=1S/C21H17N3O2/c1-15-22-14-20(26-15)16-7-9-18(10-8-16)23-21(25)17-5-4-6-19(13-17)24-11-2-3-12-24/h2-14H,1H3,(H,23,25). The van der Waals surface area contributed by atoms with E-state index < -0.39 is 0 Å². The Balaban J connectivity index is 1.50. The molecule has 0 spiro atoms. The summed E-state index contributed by atoms with van der Waals surface area (Å²) in [5.74, 6) is 1.18. The Hall–Kier alpha value is -3.60. The molecule has 0 radical (unpaired) electrons. The molecule has 0 aliphatic heterocycles. The lowest BCUT2D eigenvalue weighted by atomic mass is 10.1. The van der Waals surface area contributed by atoms with Crippen molar-refractivity contribution in [2.75, 3.05) is 5.32 Å². The first-order valence-electron chi connectivity index (χ1n) is 8.27. The fourth-order valence-corrected chi connectivity index (χ4v) is 2.73. The first-order chi connectivity index (χ1) is 12.7. The molecule has 0 unspecified atom stereocenters. The minimum Gasteiger partial charge on any atom is -0.441 e. The molecule has 26 heavy (non-hydrogen) atoms. The van der Waals surface area contributed by atoms with Gasteiger partial charge in [-0.05, 0) is 54.6 Å². The number of aromatic nitrogens is 2. The molecule has 0 bridgehead atoms. The number of carbonyl (C=O) groups excluding carboxylic acids is 1. The van der Waals surface area contributed by atoms with Gasteiger partial charge < -0.3 is 14.3 Å². The Bertz CT molecular complexity index is 1030. The quantitative estimate of drug-likeness (QED) is 0.584. The van der Waals surface area contributed by atoms with Crippen LogP contribution in [0, 0.1) is 6.92 Å². The van der Waals surface area contributed by atoms with Crippen molar-refractivity contribution >= 4 is 11.6 Å². The second-order valence-corrected chi connectivity index (χ2v) is 5.92. The number of hydrogen-bond donors (Lipinski definition) is 1. The second-order valence-electron chi connectivity index (χ2n) is 5.92. The fraction of sp³-hybridized carbons (Fsp3) is 0.0476. The van der Waals surface area contributed by atoms with Gasteiger partial charge in [0.15, 0.2) is 11.7 Å². The molecule has 5 nitrogen and oxygen atoms in total. The molecule has 0 aliphatic rings. The van der Waals surface area contributed by atoms with Crippen LogP contribution < -0.4 is 5.32 Å². The summed E-state index contributed by atoms with van der Waals surface area (Å²) in [6, 6.07) is 18.9. The number of benzene rings is 2. The maximum Gasteiger partial charge on any atom is 0.255 e. The van der Waals surface area contributed by atoms with Gasteiger partial charge in [0.05, 0.1) is 6.20 Å². The highest BCUT2D eigenvalue weighted by Gasteiger charge is 2.09. The van der Waals surface area contributed by atoms with E-state index in [2.05, 4.69) is 10.3 Å². The minimum absolute atomic E-state index is 0.151. The number of nitrogens with zero attached hydrogens (tertiary/aromatic N) is 2. The van der Waals surface area contributed by atoms with Crippen LogP contribution in [0.5, 0.6) is 0 Å². The second kappa shape index (κ2) is 6.72. The van der Waals surface area contributed by atoms with E-state index in [1.165, 1.54) is 0 Å². The Kier molecular flexibility index (Phi) is 4.11. The van der Waals surface area contributed by atoms with Crippen LogP contribution in [-0.2, 0) is 0 Å². The van der Waals surface area contributed by atoms with Crippen molar-refractivity contribution in [3.8, 4) is 17.0 Å².